The Hall–Kier alpha value is -1.36. The fourth-order valence-electron chi connectivity index (χ4n) is 2.11. The second-order valence-corrected chi connectivity index (χ2v) is 5.41. The van der Waals surface area contributed by atoms with E-state index in [-0.39, 0.29) is 17.9 Å². The number of amides is 2. The molecule has 98 valence electrons. The molecular formula is C13H18N2O2S. The van der Waals surface area contributed by atoms with E-state index in [0.29, 0.717) is 6.42 Å². The van der Waals surface area contributed by atoms with Crippen molar-refractivity contribution in [3.63, 3.8) is 0 Å². The van der Waals surface area contributed by atoms with Crippen molar-refractivity contribution in [3.8, 4) is 0 Å². The molecule has 5 heteroatoms. The van der Waals surface area contributed by atoms with Crippen LogP contribution in [0.2, 0.25) is 0 Å². The zero-order chi connectivity index (χ0) is 13.0. The fraction of sp³-hybridized carbons (Fsp3) is 0.538. The minimum Gasteiger partial charge on any atom is -0.353 e. The molecule has 1 fully saturated rings. The van der Waals surface area contributed by atoms with Crippen LogP contribution < -0.4 is 5.32 Å². The summed E-state index contributed by atoms with van der Waals surface area (Å²) in [5.74, 6) is 0.211. The first kappa shape index (κ1) is 13.1. The normalized spacial score (nSPS) is 16.6. The molecule has 2 rings (SSSR count). The van der Waals surface area contributed by atoms with Crippen molar-refractivity contribution >= 4 is 23.2 Å². The molecule has 1 aromatic heterocycles. The Bertz CT molecular complexity index is 409. The van der Waals surface area contributed by atoms with E-state index in [4.69, 9.17) is 0 Å². The lowest BCUT2D eigenvalue weighted by Crippen LogP contribution is -2.46. The zero-order valence-corrected chi connectivity index (χ0v) is 11.3. The van der Waals surface area contributed by atoms with Gasteiger partial charge < -0.3 is 10.2 Å². The number of nitrogens with zero attached hydrogens (tertiary/aromatic N) is 1. The molecule has 0 spiro atoms. The van der Waals surface area contributed by atoms with Crippen LogP contribution in [0.4, 0.5) is 0 Å². The fourth-order valence-corrected chi connectivity index (χ4v) is 2.80. The quantitative estimate of drug-likeness (QED) is 0.908. The van der Waals surface area contributed by atoms with Crippen molar-refractivity contribution in [1.82, 2.24) is 10.2 Å². The van der Waals surface area contributed by atoms with Gasteiger partial charge in [-0.1, -0.05) is 13.0 Å². The summed E-state index contributed by atoms with van der Waals surface area (Å²) >= 11 is 1.48. The molecule has 0 saturated carbocycles. The number of rotatable bonds is 3. The first-order valence-electron chi connectivity index (χ1n) is 6.33. The van der Waals surface area contributed by atoms with Gasteiger partial charge in [-0.2, -0.15) is 0 Å². The zero-order valence-electron chi connectivity index (χ0n) is 10.5. The predicted octanol–water partition coefficient (Wildman–Crippen LogP) is 1.88. The monoisotopic (exact) mass is 266 g/mol. The lowest BCUT2D eigenvalue weighted by atomic mass is 10.0. The van der Waals surface area contributed by atoms with Gasteiger partial charge in [-0.05, 0) is 24.3 Å². The van der Waals surface area contributed by atoms with Gasteiger partial charge in [0.15, 0.2) is 0 Å². The molecule has 0 radical (unpaired) electrons. The van der Waals surface area contributed by atoms with E-state index >= 15 is 0 Å². The maximum atomic E-state index is 12.1. The Labute approximate surface area is 111 Å². The van der Waals surface area contributed by atoms with E-state index in [1.165, 1.54) is 11.3 Å². The molecule has 0 unspecified atom stereocenters. The lowest BCUT2D eigenvalue weighted by Gasteiger charge is -2.32. The van der Waals surface area contributed by atoms with Crippen molar-refractivity contribution in [2.24, 2.45) is 0 Å². The van der Waals surface area contributed by atoms with E-state index in [0.717, 1.165) is 30.8 Å². The second-order valence-electron chi connectivity index (χ2n) is 4.46. The van der Waals surface area contributed by atoms with Crippen LogP contribution in [-0.4, -0.2) is 35.8 Å². The van der Waals surface area contributed by atoms with Crippen LogP contribution in [0.1, 0.15) is 35.9 Å². The van der Waals surface area contributed by atoms with E-state index in [1.807, 2.05) is 29.3 Å². The van der Waals surface area contributed by atoms with Gasteiger partial charge in [-0.3, -0.25) is 9.59 Å². The molecule has 0 bridgehead atoms. The minimum atomic E-state index is 0.0954. The molecule has 0 aromatic carbocycles. The standard InChI is InChI=1S/C13H18N2O2S/c1-2-12(16)14-10-5-7-15(8-6-10)13(17)11-4-3-9-18-11/h3-4,9-10H,2,5-8H2,1H3,(H,14,16). The van der Waals surface area contributed by atoms with Crippen molar-refractivity contribution in [1.29, 1.82) is 0 Å². The second kappa shape index (κ2) is 6.00. The molecule has 1 aliphatic rings. The molecule has 4 nitrogen and oxygen atoms in total. The Morgan fingerprint density at radius 2 is 2.17 bits per heavy atom. The van der Waals surface area contributed by atoms with Gasteiger partial charge >= 0.3 is 0 Å². The number of thiophene rings is 1. The molecule has 1 aromatic rings. The van der Waals surface area contributed by atoms with Crippen LogP contribution in [0.3, 0.4) is 0 Å². The summed E-state index contributed by atoms with van der Waals surface area (Å²) < 4.78 is 0. The smallest absolute Gasteiger partial charge is 0.263 e. The van der Waals surface area contributed by atoms with Crippen LogP contribution >= 0.6 is 11.3 Å². The third kappa shape index (κ3) is 3.10. The molecule has 1 N–H and O–H groups in total. The lowest BCUT2D eigenvalue weighted by molar-refractivity contribution is -0.121. The number of carbonyl (C=O) groups is 2. The van der Waals surface area contributed by atoms with Crippen LogP contribution in [-0.2, 0) is 4.79 Å². The Kier molecular flexibility index (Phi) is 4.36. The van der Waals surface area contributed by atoms with Gasteiger partial charge in [-0.15, -0.1) is 11.3 Å². The summed E-state index contributed by atoms with van der Waals surface area (Å²) in [5, 5.41) is 4.91. The number of likely N-dealkylation sites (tertiary alicyclic amines) is 1. The Balaban J connectivity index is 1.83. The predicted molar refractivity (Wildman–Crippen MR) is 71.7 cm³/mol. The third-order valence-corrected chi connectivity index (χ3v) is 4.06. The highest BCUT2D eigenvalue weighted by atomic mass is 32.1. The van der Waals surface area contributed by atoms with E-state index in [1.54, 1.807) is 0 Å². The van der Waals surface area contributed by atoms with E-state index in [9.17, 15) is 9.59 Å². The first-order chi connectivity index (χ1) is 8.70. The van der Waals surface area contributed by atoms with Crippen LogP contribution in [0.25, 0.3) is 0 Å². The van der Waals surface area contributed by atoms with Crippen LogP contribution in [0.5, 0.6) is 0 Å². The summed E-state index contributed by atoms with van der Waals surface area (Å²) in [6.07, 6.45) is 2.22. The van der Waals surface area contributed by atoms with Gasteiger partial charge in [0.1, 0.15) is 0 Å². The highest BCUT2D eigenvalue weighted by molar-refractivity contribution is 7.12. The van der Waals surface area contributed by atoms with Gasteiger partial charge in [-0.25, -0.2) is 0 Å². The average Bonchev–Trinajstić information content (AvgIpc) is 2.92. The van der Waals surface area contributed by atoms with E-state index < -0.39 is 0 Å². The van der Waals surface area contributed by atoms with Crippen LogP contribution in [0, 0.1) is 0 Å². The summed E-state index contributed by atoms with van der Waals surface area (Å²) in [4.78, 5) is 26.1. The molecule has 1 aliphatic heterocycles. The number of hydrogen-bond acceptors (Lipinski definition) is 3. The maximum Gasteiger partial charge on any atom is 0.263 e. The molecule has 0 atom stereocenters. The van der Waals surface area contributed by atoms with Crippen molar-refractivity contribution in [2.75, 3.05) is 13.1 Å². The molecular weight excluding hydrogens is 248 g/mol. The summed E-state index contributed by atoms with van der Waals surface area (Å²) in [6.45, 7) is 3.31. The largest absolute Gasteiger partial charge is 0.353 e. The molecule has 1 saturated heterocycles. The van der Waals surface area contributed by atoms with Gasteiger partial charge in [0, 0.05) is 25.6 Å². The minimum absolute atomic E-state index is 0.0954. The number of piperidine rings is 1. The van der Waals surface area contributed by atoms with Gasteiger partial charge in [0.2, 0.25) is 5.91 Å². The summed E-state index contributed by atoms with van der Waals surface area (Å²) in [5.41, 5.74) is 0. The molecule has 0 aliphatic carbocycles. The highest BCUT2D eigenvalue weighted by Gasteiger charge is 2.24. The molecule has 2 heterocycles. The van der Waals surface area contributed by atoms with Crippen molar-refractivity contribution in [3.05, 3.63) is 22.4 Å². The summed E-state index contributed by atoms with van der Waals surface area (Å²) in [7, 11) is 0. The Morgan fingerprint density at radius 3 is 2.72 bits per heavy atom. The Morgan fingerprint density at radius 1 is 1.44 bits per heavy atom. The van der Waals surface area contributed by atoms with Crippen molar-refractivity contribution in [2.45, 2.75) is 32.2 Å². The highest BCUT2D eigenvalue weighted by Crippen LogP contribution is 2.17. The number of hydrogen-bond donors (Lipinski definition) is 1. The maximum absolute atomic E-state index is 12.1. The average molecular weight is 266 g/mol. The van der Waals surface area contributed by atoms with Crippen molar-refractivity contribution < 1.29 is 9.59 Å². The van der Waals surface area contributed by atoms with Gasteiger partial charge in [0.05, 0.1) is 4.88 Å². The SMILES string of the molecule is CCC(=O)NC1CCN(C(=O)c2cccs2)CC1. The number of nitrogens with one attached hydrogen (secondary N) is 1. The molecule has 2 amide bonds. The van der Waals surface area contributed by atoms with E-state index in [2.05, 4.69) is 5.32 Å². The molecule has 18 heavy (non-hydrogen) atoms. The first-order valence-corrected chi connectivity index (χ1v) is 7.20. The van der Waals surface area contributed by atoms with Crippen LogP contribution in [0.15, 0.2) is 17.5 Å². The summed E-state index contributed by atoms with van der Waals surface area (Å²) in [6, 6.07) is 3.98. The topological polar surface area (TPSA) is 49.4 Å². The third-order valence-electron chi connectivity index (χ3n) is 3.20. The van der Waals surface area contributed by atoms with Gasteiger partial charge in [0.25, 0.3) is 5.91 Å². The number of carbonyl (C=O) groups excluding carboxylic acids is 2.